The fourth-order valence-corrected chi connectivity index (χ4v) is 7.22. The van der Waals surface area contributed by atoms with Gasteiger partial charge >= 0.3 is 0 Å². The minimum Gasteiger partial charge on any atom is -0.506 e. The maximum Gasteiger partial charge on any atom is 0.139 e. The van der Waals surface area contributed by atoms with Crippen LogP contribution in [-0.4, -0.2) is 34.6 Å². The SMILES string of the molecule is CN1CCC23CCCCC2(C)C1Cc1c3cc(O)c2[nH]c3ccccc3c12. The lowest BCUT2D eigenvalue weighted by atomic mass is 9.44. The Morgan fingerprint density at radius 3 is 2.85 bits per heavy atom. The van der Waals surface area contributed by atoms with Crippen LogP contribution in [0.3, 0.4) is 0 Å². The molecule has 2 bridgehead atoms. The maximum absolute atomic E-state index is 11.0. The number of rotatable bonds is 0. The molecule has 3 nitrogen and oxygen atoms in total. The van der Waals surface area contributed by atoms with E-state index in [1.54, 1.807) is 0 Å². The molecule has 1 aromatic heterocycles. The summed E-state index contributed by atoms with van der Waals surface area (Å²) >= 11 is 0. The zero-order valence-electron chi connectivity index (χ0n) is 16.3. The molecule has 0 spiro atoms. The van der Waals surface area contributed by atoms with Crippen LogP contribution < -0.4 is 0 Å². The second kappa shape index (κ2) is 5.08. The molecule has 3 atom stereocenters. The first-order valence-electron chi connectivity index (χ1n) is 10.5. The number of nitrogens with zero attached hydrogens (tertiary/aromatic N) is 1. The Hall–Kier alpha value is -2.00. The number of aromatic amines is 1. The lowest BCUT2D eigenvalue weighted by Gasteiger charge is -2.65. The molecule has 1 saturated heterocycles. The molecular weight excluding hydrogens is 332 g/mol. The second-order valence-corrected chi connectivity index (χ2v) is 9.50. The first-order valence-corrected chi connectivity index (χ1v) is 10.5. The smallest absolute Gasteiger partial charge is 0.139 e. The third kappa shape index (κ3) is 1.77. The van der Waals surface area contributed by atoms with Crippen LogP contribution in [0, 0.1) is 5.41 Å². The standard InChI is InChI=1S/C24H28N2O/c1-23-9-5-6-10-24(23)11-12-26(2)20(23)13-16-17(24)14-19(27)22-21(16)15-7-3-4-8-18(15)25-22/h3-4,7-8,14,20,25,27H,5-6,9-13H2,1-2H3. The summed E-state index contributed by atoms with van der Waals surface area (Å²) in [5.41, 5.74) is 5.55. The highest BCUT2D eigenvalue weighted by molar-refractivity contribution is 6.11. The predicted molar refractivity (Wildman–Crippen MR) is 110 cm³/mol. The van der Waals surface area contributed by atoms with Gasteiger partial charge in [-0.15, -0.1) is 0 Å². The van der Waals surface area contributed by atoms with E-state index in [9.17, 15) is 5.11 Å². The number of aromatic hydroxyl groups is 1. The normalized spacial score (nSPS) is 33.2. The summed E-state index contributed by atoms with van der Waals surface area (Å²) in [6.07, 6.45) is 7.57. The summed E-state index contributed by atoms with van der Waals surface area (Å²) in [5.74, 6) is 0.430. The van der Waals surface area contributed by atoms with Gasteiger partial charge in [-0.25, -0.2) is 0 Å². The minimum atomic E-state index is 0.222. The summed E-state index contributed by atoms with van der Waals surface area (Å²) in [4.78, 5) is 6.11. The summed E-state index contributed by atoms with van der Waals surface area (Å²) < 4.78 is 0. The lowest BCUT2D eigenvalue weighted by Crippen LogP contribution is -2.66. The van der Waals surface area contributed by atoms with Crippen LogP contribution in [0.2, 0.25) is 0 Å². The first-order chi connectivity index (χ1) is 13.1. The van der Waals surface area contributed by atoms with E-state index >= 15 is 0 Å². The quantitative estimate of drug-likeness (QED) is 0.585. The molecule has 140 valence electrons. The molecule has 0 amide bonds. The topological polar surface area (TPSA) is 39.3 Å². The van der Waals surface area contributed by atoms with Gasteiger partial charge in [-0.1, -0.05) is 38.0 Å². The number of aromatic nitrogens is 1. The number of fused-ring (bicyclic) bond motifs is 5. The number of H-pyrrole nitrogens is 1. The van der Waals surface area contributed by atoms with Crippen molar-refractivity contribution in [1.29, 1.82) is 0 Å². The Bertz CT molecular complexity index is 1080. The fraction of sp³-hybridized carbons (Fsp3) is 0.500. The molecule has 3 unspecified atom stereocenters. The molecule has 3 aromatic rings. The highest BCUT2D eigenvalue weighted by atomic mass is 16.3. The van der Waals surface area contributed by atoms with Gasteiger partial charge in [0.05, 0.1) is 5.52 Å². The maximum atomic E-state index is 11.0. The molecule has 1 aliphatic heterocycles. The largest absolute Gasteiger partial charge is 0.506 e. The monoisotopic (exact) mass is 360 g/mol. The lowest BCUT2D eigenvalue weighted by molar-refractivity contribution is -0.0732. The third-order valence-electron chi connectivity index (χ3n) is 8.58. The highest BCUT2D eigenvalue weighted by Crippen LogP contribution is 2.64. The molecule has 27 heavy (non-hydrogen) atoms. The summed E-state index contributed by atoms with van der Waals surface area (Å²) in [6.45, 7) is 3.72. The van der Waals surface area contributed by atoms with Gasteiger partial charge in [0.1, 0.15) is 5.75 Å². The van der Waals surface area contributed by atoms with E-state index in [1.807, 2.05) is 0 Å². The van der Waals surface area contributed by atoms with Crippen LogP contribution in [0.15, 0.2) is 30.3 Å². The number of piperidine rings is 1. The molecule has 2 N–H and O–H groups in total. The van der Waals surface area contributed by atoms with E-state index < -0.39 is 0 Å². The summed E-state index contributed by atoms with van der Waals surface area (Å²) in [6, 6.07) is 11.3. The van der Waals surface area contributed by atoms with Crippen molar-refractivity contribution < 1.29 is 5.11 Å². The Kier molecular flexibility index (Phi) is 3.01. The van der Waals surface area contributed by atoms with Crippen molar-refractivity contribution in [3.8, 4) is 5.75 Å². The van der Waals surface area contributed by atoms with Gasteiger partial charge in [0, 0.05) is 27.7 Å². The van der Waals surface area contributed by atoms with Gasteiger partial charge in [-0.2, -0.15) is 0 Å². The predicted octanol–water partition coefficient (Wildman–Crippen LogP) is 5.11. The zero-order valence-corrected chi connectivity index (χ0v) is 16.3. The molecule has 6 rings (SSSR count). The Morgan fingerprint density at radius 1 is 1.15 bits per heavy atom. The van der Waals surface area contributed by atoms with Gasteiger partial charge < -0.3 is 15.0 Å². The number of phenolic OH excluding ortho intramolecular Hbond substituents is 1. The van der Waals surface area contributed by atoms with Crippen LogP contribution in [0.25, 0.3) is 21.8 Å². The van der Waals surface area contributed by atoms with Crippen molar-refractivity contribution in [2.75, 3.05) is 13.6 Å². The molecule has 1 saturated carbocycles. The van der Waals surface area contributed by atoms with Crippen LogP contribution in [0.4, 0.5) is 0 Å². The van der Waals surface area contributed by atoms with Crippen molar-refractivity contribution in [2.45, 2.75) is 56.9 Å². The zero-order chi connectivity index (χ0) is 18.4. The van der Waals surface area contributed by atoms with E-state index in [0.29, 0.717) is 17.2 Å². The molecule has 2 fully saturated rings. The van der Waals surface area contributed by atoms with E-state index in [1.165, 1.54) is 60.5 Å². The minimum absolute atomic E-state index is 0.222. The van der Waals surface area contributed by atoms with Crippen LogP contribution in [0.5, 0.6) is 5.75 Å². The first kappa shape index (κ1) is 16.0. The van der Waals surface area contributed by atoms with Gasteiger partial charge in [0.25, 0.3) is 0 Å². The average Bonchev–Trinajstić information content (AvgIpc) is 3.06. The van der Waals surface area contributed by atoms with Crippen LogP contribution in [-0.2, 0) is 11.8 Å². The van der Waals surface area contributed by atoms with E-state index in [0.717, 1.165) is 17.5 Å². The Labute approximate surface area is 160 Å². The number of phenols is 1. The van der Waals surface area contributed by atoms with Crippen LogP contribution in [0.1, 0.15) is 50.2 Å². The molecule has 3 aliphatic rings. The van der Waals surface area contributed by atoms with Crippen molar-refractivity contribution in [2.24, 2.45) is 5.41 Å². The van der Waals surface area contributed by atoms with Gasteiger partial charge in [0.2, 0.25) is 0 Å². The fourth-order valence-electron chi connectivity index (χ4n) is 7.22. The number of nitrogens with one attached hydrogen (secondary N) is 1. The molecule has 3 heteroatoms. The van der Waals surface area contributed by atoms with Crippen molar-refractivity contribution in [1.82, 2.24) is 9.88 Å². The molecule has 0 radical (unpaired) electrons. The molecule has 2 aromatic carbocycles. The highest BCUT2D eigenvalue weighted by Gasteiger charge is 2.60. The molecule has 2 aliphatic carbocycles. The Morgan fingerprint density at radius 2 is 1.96 bits per heavy atom. The van der Waals surface area contributed by atoms with Crippen LogP contribution >= 0.6 is 0 Å². The van der Waals surface area contributed by atoms with Crippen molar-refractivity contribution >= 4 is 21.8 Å². The average molecular weight is 361 g/mol. The number of benzene rings is 2. The molecular formula is C24H28N2O. The summed E-state index contributed by atoms with van der Waals surface area (Å²) in [5, 5.41) is 13.5. The number of hydrogen-bond acceptors (Lipinski definition) is 2. The van der Waals surface area contributed by atoms with Gasteiger partial charge in [-0.3, -0.25) is 0 Å². The number of para-hydroxylation sites is 1. The number of hydrogen-bond donors (Lipinski definition) is 2. The van der Waals surface area contributed by atoms with E-state index in [2.05, 4.69) is 54.2 Å². The van der Waals surface area contributed by atoms with Gasteiger partial charge in [-0.05, 0) is 68.0 Å². The second-order valence-electron chi connectivity index (χ2n) is 9.50. The summed E-state index contributed by atoms with van der Waals surface area (Å²) in [7, 11) is 2.33. The van der Waals surface area contributed by atoms with E-state index in [4.69, 9.17) is 0 Å². The number of likely N-dealkylation sites (tertiary alicyclic amines) is 1. The third-order valence-corrected chi connectivity index (χ3v) is 8.58. The van der Waals surface area contributed by atoms with Gasteiger partial charge in [0.15, 0.2) is 0 Å². The van der Waals surface area contributed by atoms with Crippen molar-refractivity contribution in [3.05, 3.63) is 41.5 Å². The van der Waals surface area contributed by atoms with Crippen molar-refractivity contribution in [3.63, 3.8) is 0 Å². The van der Waals surface area contributed by atoms with E-state index in [-0.39, 0.29) is 5.41 Å². The Balaban J connectivity index is 1.75. The molecule has 2 heterocycles. The number of likely N-dealkylation sites (N-methyl/N-ethyl adjacent to an activating group) is 1.